The first-order valence-corrected chi connectivity index (χ1v) is 8.97. The number of nitrogens with zero attached hydrogens (tertiary/aromatic N) is 1. The van der Waals surface area contributed by atoms with Crippen LogP contribution in [0.25, 0.3) is 0 Å². The Balaban J connectivity index is 1.86. The second kappa shape index (κ2) is 9.14. The van der Waals surface area contributed by atoms with Crippen molar-refractivity contribution < 1.29 is 24.0 Å². The monoisotopic (exact) mass is 416 g/mol. The maximum Gasteiger partial charge on any atom is 0.307 e. The van der Waals surface area contributed by atoms with Gasteiger partial charge < -0.3 is 10.1 Å². The zero-order valence-corrected chi connectivity index (χ0v) is 16.0. The van der Waals surface area contributed by atoms with Gasteiger partial charge in [-0.2, -0.15) is 0 Å². The van der Waals surface area contributed by atoms with E-state index in [1.165, 1.54) is 18.2 Å². The van der Waals surface area contributed by atoms with E-state index in [2.05, 4.69) is 5.32 Å². The number of ketones is 1. The maximum absolute atomic E-state index is 12.0. The van der Waals surface area contributed by atoms with Gasteiger partial charge in [0.25, 0.3) is 5.91 Å². The normalized spacial score (nSPS) is 21.7. The van der Waals surface area contributed by atoms with Crippen LogP contribution in [0.2, 0.25) is 10.0 Å². The number of nitro groups is 1. The number of esters is 1. The Labute approximate surface area is 165 Å². The molecule has 0 heterocycles. The number of ether oxygens (including phenoxy) is 1. The van der Waals surface area contributed by atoms with Crippen molar-refractivity contribution in [2.75, 3.05) is 18.5 Å². The van der Waals surface area contributed by atoms with Gasteiger partial charge in [-0.1, -0.05) is 30.1 Å². The molecule has 27 heavy (non-hydrogen) atoms. The fraction of sp³-hybridized carbons (Fsp3) is 0.471. The summed E-state index contributed by atoms with van der Waals surface area (Å²) in [5.74, 6) is -2.99. The molecule has 1 fully saturated rings. The lowest BCUT2D eigenvalue weighted by molar-refractivity contribution is -0.490. The van der Waals surface area contributed by atoms with Crippen LogP contribution in [0.1, 0.15) is 19.8 Å². The van der Waals surface area contributed by atoms with Crippen LogP contribution in [0, 0.1) is 27.9 Å². The van der Waals surface area contributed by atoms with E-state index in [0.29, 0.717) is 15.7 Å². The van der Waals surface area contributed by atoms with Crippen molar-refractivity contribution in [3.8, 4) is 0 Å². The number of hydrogen-bond acceptors (Lipinski definition) is 6. The van der Waals surface area contributed by atoms with Gasteiger partial charge in [0.2, 0.25) is 6.54 Å². The molecule has 8 nitrogen and oxygen atoms in total. The van der Waals surface area contributed by atoms with E-state index in [1.54, 1.807) is 6.92 Å². The van der Waals surface area contributed by atoms with Gasteiger partial charge in [0, 0.05) is 38.9 Å². The van der Waals surface area contributed by atoms with E-state index in [4.69, 9.17) is 27.9 Å². The summed E-state index contributed by atoms with van der Waals surface area (Å²) < 4.78 is 4.90. The number of rotatable bonds is 7. The Morgan fingerprint density at radius 3 is 2.52 bits per heavy atom. The number of halogens is 2. The molecule has 1 amide bonds. The molecule has 1 aromatic rings. The van der Waals surface area contributed by atoms with E-state index in [1.807, 2.05) is 0 Å². The average Bonchev–Trinajstić information content (AvgIpc) is 2.78. The molecule has 0 radical (unpaired) electrons. The highest BCUT2D eigenvalue weighted by atomic mass is 35.5. The molecule has 0 aliphatic heterocycles. The molecule has 1 aliphatic rings. The van der Waals surface area contributed by atoms with Crippen LogP contribution in [-0.4, -0.2) is 35.7 Å². The van der Waals surface area contributed by atoms with Crippen LogP contribution >= 0.6 is 23.2 Å². The third-order valence-corrected chi connectivity index (χ3v) is 4.88. The van der Waals surface area contributed by atoms with Gasteiger partial charge in [-0.3, -0.25) is 24.5 Å². The SMILES string of the molecule is C[C@H]1CC(=O)[C@H](CC(=O)OCC(=O)Nc2cc(Cl)cc(Cl)c2)[C@@H]1C[N+](=O)[O-]. The molecule has 0 aromatic heterocycles. The number of benzene rings is 1. The van der Waals surface area contributed by atoms with Crippen molar-refractivity contribution in [1.82, 2.24) is 0 Å². The highest BCUT2D eigenvalue weighted by Crippen LogP contribution is 2.36. The van der Waals surface area contributed by atoms with Crippen LogP contribution in [-0.2, 0) is 19.1 Å². The second-order valence-corrected chi connectivity index (χ2v) is 7.38. The minimum Gasteiger partial charge on any atom is -0.456 e. The lowest BCUT2D eigenvalue weighted by Crippen LogP contribution is -2.28. The van der Waals surface area contributed by atoms with Crippen LogP contribution in [0.4, 0.5) is 5.69 Å². The van der Waals surface area contributed by atoms with Crippen molar-refractivity contribution >= 4 is 46.5 Å². The van der Waals surface area contributed by atoms with Gasteiger partial charge in [0.05, 0.1) is 6.42 Å². The largest absolute Gasteiger partial charge is 0.456 e. The Morgan fingerprint density at radius 2 is 1.93 bits per heavy atom. The van der Waals surface area contributed by atoms with Gasteiger partial charge in [0.15, 0.2) is 6.61 Å². The first kappa shape index (κ1) is 21.1. The van der Waals surface area contributed by atoms with E-state index in [-0.39, 0.29) is 31.1 Å². The molecule has 0 bridgehead atoms. The molecule has 1 aromatic carbocycles. The Hall–Kier alpha value is -2.19. The summed E-state index contributed by atoms with van der Waals surface area (Å²) in [5.41, 5.74) is 0.347. The highest BCUT2D eigenvalue weighted by molar-refractivity contribution is 6.35. The van der Waals surface area contributed by atoms with Crippen molar-refractivity contribution in [3.05, 3.63) is 38.4 Å². The molecule has 1 saturated carbocycles. The summed E-state index contributed by atoms with van der Waals surface area (Å²) in [4.78, 5) is 46.2. The number of hydrogen-bond donors (Lipinski definition) is 1. The van der Waals surface area contributed by atoms with Crippen molar-refractivity contribution in [1.29, 1.82) is 0 Å². The molecule has 0 unspecified atom stereocenters. The lowest BCUT2D eigenvalue weighted by Gasteiger charge is -2.17. The summed E-state index contributed by atoms with van der Waals surface area (Å²) in [6, 6.07) is 4.46. The first-order chi connectivity index (χ1) is 12.7. The standard InChI is InChI=1S/C17H18Cl2N2O6/c1-9-2-15(22)13(14(9)7-21(25)26)6-17(24)27-8-16(23)20-12-4-10(18)3-11(19)5-12/h3-5,9,13-14H,2,6-8H2,1H3,(H,20,23)/t9-,13+,14+/m0/s1. The average molecular weight is 417 g/mol. The summed E-state index contributed by atoms with van der Waals surface area (Å²) in [6.07, 6.45) is -0.0789. The third kappa shape index (κ3) is 6.18. The van der Waals surface area contributed by atoms with Crippen molar-refractivity contribution in [3.63, 3.8) is 0 Å². The van der Waals surface area contributed by atoms with Crippen LogP contribution in [0.5, 0.6) is 0 Å². The highest BCUT2D eigenvalue weighted by Gasteiger charge is 2.44. The van der Waals surface area contributed by atoms with E-state index in [9.17, 15) is 24.5 Å². The summed E-state index contributed by atoms with van der Waals surface area (Å²) in [7, 11) is 0. The zero-order chi connectivity index (χ0) is 20.1. The lowest BCUT2D eigenvalue weighted by atomic mass is 9.88. The zero-order valence-electron chi connectivity index (χ0n) is 14.4. The predicted molar refractivity (Wildman–Crippen MR) is 98.3 cm³/mol. The predicted octanol–water partition coefficient (Wildman–Crippen LogP) is 2.98. The second-order valence-electron chi connectivity index (χ2n) is 6.50. The third-order valence-electron chi connectivity index (χ3n) is 4.44. The minimum absolute atomic E-state index is 0.170. The molecule has 3 atom stereocenters. The molecular formula is C17H18Cl2N2O6. The van der Waals surface area contributed by atoms with Gasteiger partial charge in [-0.25, -0.2) is 0 Å². The molecule has 2 rings (SSSR count). The molecule has 1 aliphatic carbocycles. The van der Waals surface area contributed by atoms with Gasteiger partial charge in [-0.15, -0.1) is 0 Å². The number of nitrogens with one attached hydrogen (secondary N) is 1. The summed E-state index contributed by atoms with van der Waals surface area (Å²) in [6.45, 7) is 0.821. The topological polar surface area (TPSA) is 116 Å². The fourth-order valence-electron chi connectivity index (χ4n) is 3.21. The molecule has 1 N–H and O–H groups in total. The number of anilines is 1. The van der Waals surface area contributed by atoms with Crippen molar-refractivity contribution in [2.24, 2.45) is 17.8 Å². The van der Waals surface area contributed by atoms with Gasteiger partial charge in [0.1, 0.15) is 5.78 Å². The van der Waals surface area contributed by atoms with Crippen LogP contribution in [0.3, 0.4) is 0 Å². The van der Waals surface area contributed by atoms with Crippen molar-refractivity contribution in [2.45, 2.75) is 19.8 Å². The Morgan fingerprint density at radius 1 is 1.30 bits per heavy atom. The molecule has 0 saturated heterocycles. The first-order valence-electron chi connectivity index (χ1n) is 8.21. The fourth-order valence-corrected chi connectivity index (χ4v) is 3.73. The minimum atomic E-state index is -0.757. The smallest absolute Gasteiger partial charge is 0.307 e. The summed E-state index contributed by atoms with van der Waals surface area (Å²) >= 11 is 11.7. The van der Waals surface area contributed by atoms with E-state index >= 15 is 0 Å². The van der Waals surface area contributed by atoms with E-state index < -0.39 is 35.2 Å². The molecular weight excluding hydrogens is 399 g/mol. The summed E-state index contributed by atoms with van der Waals surface area (Å²) in [5, 5.41) is 13.9. The van der Waals surface area contributed by atoms with Gasteiger partial charge in [-0.05, 0) is 24.1 Å². The van der Waals surface area contributed by atoms with E-state index in [0.717, 1.165) is 0 Å². The maximum atomic E-state index is 12.0. The van der Waals surface area contributed by atoms with Gasteiger partial charge >= 0.3 is 5.97 Å². The molecule has 10 heteroatoms. The number of carbonyl (C=O) groups excluding carboxylic acids is 3. The van der Waals surface area contributed by atoms with Crippen LogP contribution < -0.4 is 5.32 Å². The quantitative estimate of drug-likeness (QED) is 0.414. The number of Topliss-reactive ketones (excluding diaryl/α,β-unsaturated/α-hetero) is 1. The number of amides is 1. The van der Waals surface area contributed by atoms with Crippen LogP contribution in [0.15, 0.2) is 18.2 Å². The Bertz CT molecular complexity index is 750. The number of carbonyl (C=O) groups is 3. The molecule has 0 spiro atoms. The Kier molecular flexibility index (Phi) is 7.15. The molecule has 146 valence electrons.